The predicted molar refractivity (Wildman–Crippen MR) is 79.8 cm³/mol. The first kappa shape index (κ1) is 16.0. The molecule has 0 spiro atoms. The summed E-state index contributed by atoms with van der Waals surface area (Å²) in [6.07, 6.45) is 1.05. The molecule has 0 aromatic heterocycles. The number of cyclic esters (lactones) is 2. The molecule has 8 heteroatoms. The third-order valence-corrected chi connectivity index (χ3v) is 4.34. The molecule has 5 nitrogen and oxygen atoms in total. The molecule has 0 radical (unpaired) electrons. The zero-order chi connectivity index (χ0) is 15.8. The van der Waals surface area contributed by atoms with Crippen molar-refractivity contribution in [1.82, 2.24) is 0 Å². The van der Waals surface area contributed by atoms with Crippen molar-refractivity contribution in [3.05, 3.63) is 38.7 Å². The Hall–Kier alpha value is -1.41. The fourth-order valence-electron chi connectivity index (χ4n) is 1.56. The summed E-state index contributed by atoms with van der Waals surface area (Å²) in [6.45, 7) is 2.89. The van der Waals surface area contributed by atoms with Gasteiger partial charge in [0.05, 0.1) is 5.69 Å². The number of carbonyl (C=O) groups is 2. The van der Waals surface area contributed by atoms with Gasteiger partial charge in [-0.25, -0.2) is 14.0 Å². The van der Waals surface area contributed by atoms with Crippen LogP contribution in [0.4, 0.5) is 10.1 Å². The van der Waals surface area contributed by atoms with E-state index in [-0.39, 0.29) is 11.3 Å². The number of nitrogens with one attached hydrogen (secondary N) is 1. The molecule has 1 aliphatic rings. The molecule has 112 valence electrons. The lowest BCUT2D eigenvalue weighted by molar-refractivity contribution is -0.222. The molecule has 1 heterocycles. The average Bonchev–Trinajstić information content (AvgIpc) is 2.32. The first-order valence-electron chi connectivity index (χ1n) is 5.77. The number of halogens is 3. The Kier molecular flexibility index (Phi) is 4.38. The molecule has 0 unspecified atom stereocenters. The monoisotopic (exact) mass is 421 g/mol. The quantitative estimate of drug-likeness (QED) is 0.342. The topological polar surface area (TPSA) is 64.6 Å². The van der Waals surface area contributed by atoms with E-state index in [1.807, 2.05) is 0 Å². The summed E-state index contributed by atoms with van der Waals surface area (Å²) in [5.74, 6) is -3.53. The van der Waals surface area contributed by atoms with Crippen LogP contribution < -0.4 is 5.32 Å². The van der Waals surface area contributed by atoms with Gasteiger partial charge in [0.15, 0.2) is 5.57 Å². The van der Waals surface area contributed by atoms with Gasteiger partial charge in [-0.1, -0.05) is 0 Å². The summed E-state index contributed by atoms with van der Waals surface area (Å²) >= 11 is 6.39. The van der Waals surface area contributed by atoms with Gasteiger partial charge in [-0.2, -0.15) is 0 Å². The van der Waals surface area contributed by atoms with Gasteiger partial charge < -0.3 is 14.8 Å². The van der Waals surface area contributed by atoms with Crippen LogP contribution in [0.25, 0.3) is 0 Å². The van der Waals surface area contributed by atoms with E-state index in [0.29, 0.717) is 8.95 Å². The van der Waals surface area contributed by atoms with Crippen LogP contribution in [0.15, 0.2) is 32.9 Å². The van der Waals surface area contributed by atoms with E-state index in [9.17, 15) is 14.0 Å². The van der Waals surface area contributed by atoms with E-state index < -0.39 is 23.5 Å². The molecule has 1 N–H and O–H groups in total. The molecule has 0 saturated carbocycles. The predicted octanol–water partition coefficient (Wildman–Crippen LogP) is 3.48. The Labute approximate surface area is 136 Å². The Morgan fingerprint density at radius 2 is 1.67 bits per heavy atom. The van der Waals surface area contributed by atoms with Gasteiger partial charge in [0, 0.05) is 29.0 Å². The van der Waals surface area contributed by atoms with Crippen molar-refractivity contribution in [3.8, 4) is 0 Å². The van der Waals surface area contributed by atoms with Crippen molar-refractivity contribution in [3.63, 3.8) is 0 Å². The van der Waals surface area contributed by atoms with E-state index >= 15 is 0 Å². The molecule has 1 saturated heterocycles. The van der Waals surface area contributed by atoms with Gasteiger partial charge in [0.25, 0.3) is 5.79 Å². The third-order valence-electron chi connectivity index (χ3n) is 2.50. The normalized spacial score (nSPS) is 17.1. The first-order chi connectivity index (χ1) is 9.69. The molecule has 21 heavy (non-hydrogen) atoms. The van der Waals surface area contributed by atoms with Crippen molar-refractivity contribution in [2.45, 2.75) is 19.6 Å². The van der Waals surface area contributed by atoms with Gasteiger partial charge in [-0.05, 0) is 44.0 Å². The first-order valence-corrected chi connectivity index (χ1v) is 7.36. The highest BCUT2D eigenvalue weighted by Gasteiger charge is 2.38. The molecule has 1 fully saturated rings. The van der Waals surface area contributed by atoms with Crippen molar-refractivity contribution in [1.29, 1.82) is 0 Å². The summed E-state index contributed by atoms with van der Waals surface area (Å²) in [6, 6.07) is 2.70. The van der Waals surface area contributed by atoms with E-state index in [1.165, 1.54) is 26.0 Å². The molecular formula is C13H10Br2FNO4. The lowest BCUT2D eigenvalue weighted by atomic mass is 10.2. The molecule has 0 atom stereocenters. The van der Waals surface area contributed by atoms with Gasteiger partial charge in [0.2, 0.25) is 0 Å². The van der Waals surface area contributed by atoms with Crippen LogP contribution >= 0.6 is 31.9 Å². The SMILES string of the molecule is CC1(C)OC(=O)C(=CNc2cc(Br)c(Br)cc2F)C(=O)O1. The summed E-state index contributed by atoms with van der Waals surface area (Å²) in [7, 11) is 0. The maximum absolute atomic E-state index is 13.7. The Morgan fingerprint density at radius 3 is 2.24 bits per heavy atom. The summed E-state index contributed by atoms with van der Waals surface area (Å²) in [5, 5.41) is 2.55. The minimum absolute atomic E-state index is 0.0861. The lowest BCUT2D eigenvalue weighted by Crippen LogP contribution is -2.42. The number of hydrogen-bond acceptors (Lipinski definition) is 5. The Morgan fingerprint density at radius 1 is 1.14 bits per heavy atom. The van der Waals surface area contributed by atoms with Crippen LogP contribution in [0, 0.1) is 5.82 Å². The minimum Gasteiger partial charge on any atom is -0.419 e. The number of esters is 2. The van der Waals surface area contributed by atoms with Crippen LogP contribution in [0.5, 0.6) is 0 Å². The van der Waals surface area contributed by atoms with E-state index in [2.05, 4.69) is 37.2 Å². The second-order valence-electron chi connectivity index (χ2n) is 4.63. The van der Waals surface area contributed by atoms with Crippen LogP contribution in [0.1, 0.15) is 13.8 Å². The lowest BCUT2D eigenvalue weighted by Gasteiger charge is -2.29. The maximum atomic E-state index is 13.7. The zero-order valence-corrected chi connectivity index (χ0v) is 14.2. The fourth-order valence-corrected chi connectivity index (χ4v) is 2.22. The Bertz CT molecular complexity index is 636. The molecule has 1 aliphatic heterocycles. The standard InChI is InChI=1S/C13H10Br2FNO4/c1-13(2)20-11(18)6(12(19)21-13)5-17-10-4-8(15)7(14)3-9(10)16/h3-5,17H,1-2H3. The van der Waals surface area contributed by atoms with E-state index in [1.54, 1.807) is 0 Å². The second kappa shape index (κ2) is 5.76. The molecule has 1 aromatic rings. The third kappa shape index (κ3) is 3.62. The van der Waals surface area contributed by atoms with Crippen LogP contribution in [0.3, 0.4) is 0 Å². The number of ether oxygens (including phenoxy) is 2. The van der Waals surface area contributed by atoms with Crippen molar-refractivity contribution < 1.29 is 23.5 Å². The fraction of sp³-hybridized carbons (Fsp3) is 0.231. The number of hydrogen-bond donors (Lipinski definition) is 1. The summed E-state index contributed by atoms with van der Waals surface area (Å²) in [5.41, 5.74) is -0.254. The Balaban J connectivity index is 2.24. The van der Waals surface area contributed by atoms with Gasteiger partial charge in [-0.15, -0.1) is 0 Å². The number of anilines is 1. The number of rotatable bonds is 2. The molecule has 2 rings (SSSR count). The molecule has 0 bridgehead atoms. The zero-order valence-electron chi connectivity index (χ0n) is 11.0. The minimum atomic E-state index is -1.31. The highest BCUT2D eigenvalue weighted by atomic mass is 79.9. The highest BCUT2D eigenvalue weighted by Crippen LogP contribution is 2.29. The van der Waals surface area contributed by atoms with Crippen molar-refractivity contribution in [2.24, 2.45) is 0 Å². The smallest absolute Gasteiger partial charge is 0.350 e. The highest BCUT2D eigenvalue weighted by molar-refractivity contribution is 9.13. The molecular weight excluding hydrogens is 413 g/mol. The van der Waals surface area contributed by atoms with Crippen LogP contribution in [0.2, 0.25) is 0 Å². The molecule has 1 aromatic carbocycles. The van der Waals surface area contributed by atoms with Gasteiger partial charge in [-0.3, -0.25) is 0 Å². The maximum Gasteiger partial charge on any atom is 0.350 e. The summed E-state index contributed by atoms with van der Waals surface area (Å²) < 4.78 is 24.7. The van der Waals surface area contributed by atoms with Crippen molar-refractivity contribution in [2.75, 3.05) is 5.32 Å². The average molecular weight is 423 g/mol. The number of benzene rings is 1. The van der Waals surface area contributed by atoms with Crippen molar-refractivity contribution >= 4 is 49.5 Å². The van der Waals surface area contributed by atoms with E-state index in [0.717, 1.165) is 6.20 Å². The van der Waals surface area contributed by atoms with Crippen LogP contribution in [-0.2, 0) is 19.1 Å². The van der Waals surface area contributed by atoms with Crippen LogP contribution in [-0.4, -0.2) is 17.7 Å². The van der Waals surface area contributed by atoms with E-state index in [4.69, 9.17) is 9.47 Å². The molecule has 0 amide bonds. The summed E-state index contributed by atoms with van der Waals surface area (Å²) in [4.78, 5) is 23.4. The number of carbonyl (C=O) groups excluding carboxylic acids is 2. The van der Waals surface area contributed by atoms with Gasteiger partial charge in [0.1, 0.15) is 5.82 Å². The largest absolute Gasteiger partial charge is 0.419 e. The molecule has 0 aliphatic carbocycles. The van der Waals surface area contributed by atoms with Gasteiger partial charge >= 0.3 is 11.9 Å². The second-order valence-corrected chi connectivity index (χ2v) is 6.34.